The van der Waals surface area contributed by atoms with Crippen molar-refractivity contribution in [3.63, 3.8) is 0 Å². The number of anilines is 1. The molecule has 1 aliphatic carbocycles. The molecule has 0 amide bonds. The zero-order valence-electron chi connectivity index (χ0n) is 15.4. The van der Waals surface area contributed by atoms with Gasteiger partial charge in [0.05, 0.1) is 0 Å². The fourth-order valence-corrected chi connectivity index (χ4v) is 4.11. The van der Waals surface area contributed by atoms with Crippen LogP contribution in [0.3, 0.4) is 0 Å². The second kappa shape index (κ2) is 7.86. The summed E-state index contributed by atoms with van der Waals surface area (Å²) in [5, 5.41) is 0. The molecule has 0 N–H and O–H groups in total. The molecule has 2 atom stereocenters. The maximum Gasteiger partial charge on any atom is 0.270 e. The van der Waals surface area contributed by atoms with E-state index in [1.807, 2.05) is 6.07 Å². The van der Waals surface area contributed by atoms with Gasteiger partial charge in [-0.25, -0.2) is 8.78 Å². The minimum absolute atomic E-state index is 0.103. The van der Waals surface area contributed by atoms with Crippen LogP contribution in [0, 0.1) is 11.8 Å². The highest BCUT2D eigenvalue weighted by atomic mass is 19.3. The Bertz CT molecular complexity index is 586. The molecule has 3 rings (SSSR count). The lowest BCUT2D eigenvalue weighted by atomic mass is 9.89. The van der Waals surface area contributed by atoms with E-state index in [2.05, 4.69) is 28.9 Å². The molecule has 0 aromatic heterocycles. The van der Waals surface area contributed by atoms with Crippen LogP contribution >= 0.6 is 0 Å². The van der Waals surface area contributed by atoms with Gasteiger partial charge in [-0.3, -0.25) is 4.90 Å². The smallest absolute Gasteiger partial charge is 0.270 e. The van der Waals surface area contributed by atoms with Gasteiger partial charge >= 0.3 is 0 Å². The first-order chi connectivity index (χ1) is 12.0. The van der Waals surface area contributed by atoms with Crippen molar-refractivity contribution in [2.45, 2.75) is 39.0 Å². The molecule has 1 fully saturated rings. The van der Waals surface area contributed by atoms with Gasteiger partial charge in [-0.15, -0.1) is 0 Å². The van der Waals surface area contributed by atoms with Crippen LogP contribution < -0.4 is 4.90 Å². The number of hydrogen-bond donors (Lipinski definition) is 0. The lowest BCUT2D eigenvalue weighted by Gasteiger charge is -2.38. The van der Waals surface area contributed by atoms with Crippen molar-refractivity contribution in [1.82, 2.24) is 4.90 Å². The second-order valence-electron chi connectivity index (χ2n) is 7.56. The van der Waals surface area contributed by atoms with Gasteiger partial charge in [0.15, 0.2) is 0 Å². The van der Waals surface area contributed by atoms with E-state index in [9.17, 15) is 8.78 Å². The summed E-state index contributed by atoms with van der Waals surface area (Å²) < 4.78 is 27.1. The maximum absolute atomic E-state index is 13.6. The molecule has 0 radical (unpaired) electrons. The lowest BCUT2D eigenvalue weighted by Crippen LogP contribution is -2.48. The number of nitrogens with zero attached hydrogens (tertiary/aromatic N) is 2. The van der Waals surface area contributed by atoms with E-state index >= 15 is 0 Å². The number of benzene rings is 1. The number of halogens is 2. The van der Waals surface area contributed by atoms with Crippen LogP contribution in [0.4, 0.5) is 14.5 Å². The van der Waals surface area contributed by atoms with Crippen molar-refractivity contribution < 1.29 is 8.78 Å². The van der Waals surface area contributed by atoms with Crippen molar-refractivity contribution in [3.05, 3.63) is 42.0 Å². The second-order valence-corrected chi connectivity index (χ2v) is 7.56. The molecule has 4 heteroatoms. The first kappa shape index (κ1) is 18.4. The number of rotatable bonds is 6. The van der Waals surface area contributed by atoms with Crippen LogP contribution in [-0.4, -0.2) is 37.6 Å². The van der Waals surface area contributed by atoms with Crippen molar-refractivity contribution in [2.24, 2.45) is 11.8 Å². The van der Waals surface area contributed by atoms with Gasteiger partial charge in [0.1, 0.15) is 0 Å². The summed E-state index contributed by atoms with van der Waals surface area (Å²) in [6.45, 7) is 8.27. The summed E-state index contributed by atoms with van der Waals surface area (Å²) in [4.78, 5) is 4.79. The highest BCUT2D eigenvalue weighted by molar-refractivity contribution is 5.49. The highest BCUT2D eigenvalue weighted by Gasteiger charge is 2.27. The predicted molar refractivity (Wildman–Crippen MR) is 100 cm³/mol. The third-order valence-electron chi connectivity index (χ3n) is 5.76. The lowest BCUT2D eigenvalue weighted by molar-refractivity contribution is 0.0175. The van der Waals surface area contributed by atoms with Crippen LogP contribution in [0.25, 0.3) is 0 Å². The molecule has 1 aromatic rings. The Labute approximate surface area is 150 Å². The Morgan fingerprint density at radius 3 is 2.56 bits per heavy atom. The quantitative estimate of drug-likeness (QED) is 0.674. The van der Waals surface area contributed by atoms with Gasteiger partial charge in [-0.05, 0) is 36.8 Å². The van der Waals surface area contributed by atoms with Crippen molar-refractivity contribution >= 4 is 5.69 Å². The van der Waals surface area contributed by atoms with E-state index < -0.39 is 5.92 Å². The normalized spacial score (nSPS) is 23.2. The van der Waals surface area contributed by atoms with Gasteiger partial charge < -0.3 is 4.90 Å². The Balaban J connectivity index is 1.56. The monoisotopic (exact) mass is 348 g/mol. The molecule has 0 saturated carbocycles. The van der Waals surface area contributed by atoms with Crippen LogP contribution in [0.2, 0.25) is 0 Å². The highest BCUT2D eigenvalue weighted by Crippen LogP contribution is 2.31. The minimum Gasteiger partial charge on any atom is -0.369 e. The van der Waals surface area contributed by atoms with Gasteiger partial charge in [0.25, 0.3) is 5.92 Å². The van der Waals surface area contributed by atoms with Crippen LogP contribution in [-0.2, 0) is 5.92 Å². The van der Waals surface area contributed by atoms with Crippen LogP contribution in [0.5, 0.6) is 0 Å². The maximum atomic E-state index is 13.6. The predicted octanol–water partition coefficient (Wildman–Crippen LogP) is 4.91. The molecule has 1 heterocycles. The summed E-state index contributed by atoms with van der Waals surface area (Å²) >= 11 is 0. The minimum atomic E-state index is -2.78. The summed E-state index contributed by atoms with van der Waals surface area (Å²) in [5.41, 5.74) is 1.02. The van der Waals surface area contributed by atoms with Crippen LogP contribution in [0.15, 0.2) is 36.4 Å². The molecule has 0 spiro atoms. The van der Waals surface area contributed by atoms with Crippen molar-refractivity contribution in [3.8, 4) is 0 Å². The fraction of sp³-hybridized carbons (Fsp3) is 0.619. The van der Waals surface area contributed by atoms with E-state index in [1.54, 1.807) is 12.1 Å². The fourth-order valence-electron chi connectivity index (χ4n) is 4.11. The molecule has 25 heavy (non-hydrogen) atoms. The van der Waals surface area contributed by atoms with E-state index in [-0.39, 0.29) is 5.56 Å². The number of allylic oxidation sites excluding steroid dienone is 2. The number of piperazine rings is 1. The third-order valence-corrected chi connectivity index (χ3v) is 5.76. The topological polar surface area (TPSA) is 6.48 Å². The van der Waals surface area contributed by atoms with Crippen molar-refractivity contribution in [2.75, 3.05) is 37.6 Å². The number of alkyl halides is 2. The standard InChI is InChI=1S/C21H30F2N2/c1-3-17(18-7-4-5-8-18)16-24-11-13-25(14-12-24)20-10-6-9-19(15-20)21(2,22)23/h4,6-7,9-10,15,17-18H,3,5,8,11-14,16H2,1-2H3. The summed E-state index contributed by atoms with van der Waals surface area (Å²) in [6, 6.07) is 6.85. The Hall–Kier alpha value is -1.42. The van der Waals surface area contributed by atoms with E-state index in [0.717, 1.165) is 57.2 Å². The first-order valence-corrected chi connectivity index (χ1v) is 9.59. The first-order valence-electron chi connectivity index (χ1n) is 9.59. The third kappa shape index (κ3) is 4.60. The van der Waals surface area contributed by atoms with E-state index in [4.69, 9.17) is 0 Å². The van der Waals surface area contributed by atoms with E-state index in [1.165, 1.54) is 25.3 Å². The molecule has 1 aliphatic heterocycles. The van der Waals surface area contributed by atoms with Gasteiger partial charge in [0.2, 0.25) is 0 Å². The summed E-state index contributed by atoms with van der Waals surface area (Å²) in [6.07, 6.45) is 8.48. The molecular formula is C21H30F2N2. The van der Waals surface area contributed by atoms with E-state index in [0.29, 0.717) is 0 Å². The summed E-state index contributed by atoms with van der Waals surface area (Å²) in [5.74, 6) is -1.29. The van der Waals surface area contributed by atoms with Gasteiger partial charge in [-0.2, -0.15) is 0 Å². The molecule has 2 unspecified atom stereocenters. The molecule has 2 aliphatic rings. The molecule has 1 aromatic carbocycles. The van der Waals surface area contributed by atoms with Gasteiger partial charge in [-0.1, -0.05) is 37.6 Å². The Kier molecular flexibility index (Phi) is 5.78. The molecule has 0 bridgehead atoms. The molecule has 2 nitrogen and oxygen atoms in total. The summed E-state index contributed by atoms with van der Waals surface area (Å²) in [7, 11) is 0. The Morgan fingerprint density at radius 2 is 1.96 bits per heavy atom. The average molecular weight is 348 g/mol. The molecular weight excluding hydrogens is 318 g/mol. The van der Waals surface area contributed by atoms with Crippen LogP contribution in [0.1, 0.15) is 38.7 Å². The zero-order valence-corrected chi connectivity index (χ0v) is 15.4. The molecule has 138 valence electrons. The molecule has 1 saturated heterocycles. The number of hydrogen-bond acceptors (Lipinski definition) is 2. The van der Waals surface area contributed by atoms with Gasteiger partial charge in [0, 0.05) is 50.9 Å². The SMILES string of the molecule is CCC(CN1CCN(c2cccc(C(C)(F)F)c2)CC1)C1C=CCC1. The largest absolute Gasteiger partial charge is 0.369 e. The average Bonchev–Trinajstić information content (AvgIpc) is 3.14. The van der Waals surface area contributed by atoms with Crippen molar-refractivity contribution in [1.29, 1.82) is 0 Å². The Morgan fingerprint density at radius 1 is 1.20 bits per heavy atom. The zero-order chi connectivity index (χ0) is 17.9.